The minimum atomic E-state index is -1.17. The summed E-state index contributed by atoms with van der Waals surface area (Å²) >= 11 is 0. The summed E-state index contributed by atoms with van der Waals surface area (Å²) in [5, 5.41) is 42.2. The lowest BCUT2D eigenvalue weighted by molar-refractivity contribution is 0.0455. The average Bonchev–Trinajstić information content (AvgIpc) is 2.44. The van der Waals surface area contributed by atoms with Crippen LogP contribution < -0.4 is 10.6 Å². The highest BCUT2D eigenvalue weighted by atomic mass is 16.3. The molecule has 8 nitrogen and oxygen atoms in total. The van der Waals surface area contributed by atoms with E-state index in [-0.39, 0.29) is 22.6 Å². The number of nitrogens with zero attached hydrogens (tertiary/aromatic N) is 4. The number of nitrogens with one attached hydrogen (secondary N) is 2. The number of hydrogen-bond acceptors (Lipinski definition) is 8. The number of anilines is 1. The second-order valence-electron chi connectivity index (χ2n) is 4.18. The molecule has 8 heteroatoms. The zero-order valence-corrected chi connectivity index (χ0v) is 9.99. The van der Waals surface area contributed by atoms with Crippen LogP contribution in [0.1, 0.15) is 23.0 Å². The first-order chi connectivity index (χ1) is 9.62. The third-order valence-electron chi connectivity index (χ3n) is 2.92. The molecule has 1 aromatic carbocycles. The van der Waals surface area contributed by atoms with E-state index in [0.717, 1.165) is 0 Å². The molecule has 1 aliphatic rings. The summed E-state index contributed by atoms with van der Waals surface area (Å²) in [6.07, 6.45) is -2.31. The van der Waals surface area contributed by atoms with Crippen molar-refractivity contribution in [3.8, 4) is 12.1 Å². The molecule has 98 valence electrons. The van der Waals surface area contributed by atoms with Crippen LogP contribution in [0.5, 0.6) is 0 Å². The molecule has 4 N–H and O–H groups in total. The van der Waals surface area contributed by atoms with Gasteiger partial charge in [-0.05, 0) is 12.1 Å². The number of aromatic nitrogens is 2. The predicted octanol–water partition coefficient (Wildman–Crippen LogP) is -0.345. The maximum Gasteiger partial charge on any atom is 0.184 e. The fourth-order valence-corrected chi connectivity index (χ4v) is 2.00. The first-order valence-corrected chi connectivity index (χ1v) is 5.67. The van der Waals surface area contributed by atoms with Crippen molar-refractivity contribution in [2.24, 2.45) is 0 Å². The normalized spacial score (nSPS) is 20.6. The van der Waals surface area contributed by atoms with E-state index >= 15 is 0 Å². The van der Waals surface area contributed by atoms with Gasteiger partial charge in [0.05, 0.1) is 22.2 Å². The summed E-state index contributed by atoms with van der Waals surface area (Å²) < 4.78 is 0. The molecule has 0 bridgehead atoms. The molecule has 3 rings (SSSR count). The second-order valence-corrected chi connectivity index (χ2v) is 4.18. The molecule has 0 saturated carbocycles. The highest BCUT2D eigenvalue weighted by Gasteiger charge is 2.26. The van der Waals surface area contributed by atoms with Crippen LogP contribution in [0.2, 0.25) is 0 Å². The maximum atomic E-state index is 9.79. The Morgan fingerprint density at radius 3 is 2.25 bits per heavy atom. The van der Waals surface area contributed by atoms with Crippen LogP contribution in [-0.2, 0) is 0 Å². The van der Waals surface area contributed by atoms with E-state index in [0.29, 0.717) is 11.0 Å². The summed E-state index contributed by atoms with van der Waals surface area (Å²) in [5.74, 6) is 0.227. The zero-order chi connectivity index (χ0) is 14.3. The first kappa shape index (κ1) is 12.3. The third kappa shape index (κ3) is 1.81. The molecule has 2 unspecified atom stereocenters. The predicted molar refractivity (Wildman–Crippen MR) is 66.7 cm³/mol. The molecule has 2 aromatic rings. The molecule has 0 fully saturated rings. The second kappa shape index (κ2) is 4.40. The number of fused-ring (bicyclic) bond motifs is 2. The van der Waals surface area contributed by atoms with E-state index in [1.165, 1.54) is 12.1 Å². The van der Waals surface area contributed by atoms with E-state index in [9.17, 15) is 10.2 Å². The number of aliphatic hydroxyl groups is 2. The Kier molecular flexibility index (Phi) is 2.70. The summed E-state index contributed by atoms with van der Waals surface area (Å²) in [5.41, 5.74) is 1.40. The minimum absolute atomic E-state index is 0.195. The number of benzene rings is 1. The topological polar surface area (TPSA) is 138 Å². The fraction of sp³-hybridized carbons (Fsp3) is 0.167. The Bertz CT molecular complexity index is 791. The van der Waals surface area contributed by atoms with Gasteiger partial charge in [0.1, 0.15) is 17.8 Å². The van der Waals surface area contributed by atoms with Crippen LogP contribution in [-0.4, -0.2) is 26.5 Å². The molecule has 0 saturated heterocycles. The highest BCUT2D eigenvalue weighted by Crippen LogP contribution is 2.26. The molecule has 0 spiro atoms. The number of rotatable bonds is 0. The van der Waals surface area contributed by atoms with Crippen LogP contribution >= 0.6 is 0 Å². The molecule has 2 atom stereocenters. The largest absolute Gasteiger partial charge is 0.372 e. The molecule has 2 heterocycles. The summed E-state index contributed by atoms with van der Waals surface area (Å²) in [4.78, 5) is 8.41. The van der Waals surface area contributed by atoms with Gasteiger partial charge >= 0.3 is 0 Å². The minimum Gasteiger partial charge on any atom is -0.372 e. The van der Waals surface area contributed by atoms with Crippen LogP contribution in [0.25, 0.3) is 11.0 Å². The quantitative estimate of drug-likeness (QED) is 0.509. The molecule has 1 aromatic heterocycles. The van der Waals surface area contributed by atoms with Crippen LogP contribution in [0.3, 0.4) is 0 Å². The highest BCUT2D eigenvalue weighted by molar-refractivity contribution is 5.80. The molecular weight excluding hydrogens is 260 g/mol. The zero-order valence-electron chi connectivity index (χ0n) is 9.99. The van der Waals surface area contributed by atoms with E-state index in [4.69, 9.17) is 10.5 Å². The van der Waals surface area contributed by atoms with Gasteiger partial charge in [0, 0.05) is 0 Å². The smallest absolute Gasteiger partial charge is 0.184 e. The number of hydrogen-bond donors (Lipinski definition) is 4. The average molecular weight is 268 g/mol. The van der Waals surface area contributed by atoms with Crippen molar-refractivity contribution >= 4 is 16.9 Å². The Morgan fingerprint density at radius 2 is 1.65 bits per heavy atom. The SMILES string of the molecule is N#Cc1cc2nc3c(nc2cc1C#N)C(O)NC(O)N3. The van der Waals surface area contributed by atoms with Crippen molar-refractivity contribution in [1.82, 2.24) is 15.3 Å². The van der Waals surface area contributed by atoms with Crippen LogP contribution in [0.4, 0.5) is 5.82 Å². The lowest BCUT2D eigenvalue weighted by Gasteiger charge is -2.26. The third-order valence-corrected chi connectivity index (χ3v) is 2.92. The van der Waals surface area contributed by atoms with Gasteiger partial charge < -0.3 is 15.5 Å². The lowest BCUT2D eigenvalue weighted by atomic mass is 10.1. The Balaban J connectivity index is 2.27. The molecule has 0 amide bonds. The summed E-state index contributed by atoms with van der Waals surface area (Å²) in [6, 6.07) is 6.72. The summed E-state index contributed by atoms with van der Waals surface area (Å²) in [7, 11) is 0. The van der Waals surface area contributed by atoms with Crippen molar-refractivity contribution in [2.45, 2.75) is 12.6 Å². The van der Waals surface area contributed by atoms with Crippen molar-refractivity contribution < 1.29 is 10.2 Å². The maximum absolute atomic E-state index is 9.79. The van der Waals surface area contributed by atoms with Crippen LogP contribution in [0.15, 0.2) is 12.1 Å². The molecular formula is C12H8N6O2. The van der Waals surface area contributed by atoms with Gasteiger partial charge in [0.2, 0.25) is 0 Å². The monoisotopic (exact) mass is 268 g/mol. The summed E-state index contributed by atoms with van der Waals surface area (Å²) in [6.45, 7) is 0. The van der Waals surface area contributed by atoms with E-state index in [1.54, 1.807) is 0 Å². The Morgan fingerprint density at radius 1 is 1.05 bits per heavy atom. The van der Waals surface area contributed by atoms with E-state index < -0.39 is 12.6 Å². The van der Waals surface area contributed by atoms with Gasteiger partial charge in [0.15, 0.2) is 18.4 Å². The number of nitriles is 2. The van der Waals surface area contributed by atoms with Crippen molar-refractivity contribution in [3.05, 3.63) is 29.0 Å². The fourth-order valence-electron chi connectivity index (χ4n) is 2.00. The van der Waals surface area contributed by atoms with Crippen molar-refractivity contribution in [1.29, 1.82) is 10.5 Å². The number of aliphatic hydroxyl groups excluding tert-OH is 2. The Hall–Kier alpha value is -2.78. The lowest BCUT2D eigenvalue weighted by Crippen LogP contribution is -2.43. The standard InChI is InChI=1S/C12H8N6O2/c13-3-5-1-7-8(2-6(5)4-14)16-10-9(15-7)11(19)18-12(20)17-10/h1-2,11-12,18-20H,(H,16,17). The Labute approximate surface area is 112 Å². The molecule has 20 heavy (non-hydrogen) atoms. The van der Waals surface area contributed by atoms with Crippen LogP contribution in [0, 0.1) is 22.7 Å². The van der Waals surface area contributed by atoms with Gasteiger partial charge in [-0.3, -0.25) is 0 Å². The van der Waals surface area contributed by atoms with Crippen molar-refractivity contribution in [3.63, 3.8) is 0 Å². The van der Waals surface area contributed by atoms with E-state index in [1.807, 2.05) is 12.1 Å². The van der Waals surface area contributed by atoms with E-state index in [2.05, 4.69) is 20.6 Å². The molecule has 0 radical (unpaired) electrons. The van der Waals surface area contributed by atoms with Crippen molar-refractivity contribution in [2.75, 3.05) is 5.32 Å². The van der Waals surface area contributed by atoms with Gasteiger partial charge in [-0.2, -0.15) is 10.5 Å². The van der Waals surface area contributed by atoms with Gasteiger partial charge in [-0.15, -0.1) is 0 Å². The van der Waals surface area contributed by atoms with Gasteiger partial charge in [0.25, 0.3) is 0 Å². The molecule has 1 aliphatic heterocycles. The van der Waals surface area contributed by atoms with Gasteiger partial charge in [-0.25, -0.2) is 15.3 Å². The molecule has 0 aliphatic carbocycles. The van der Waals surface area contributed by atoms with Gasteiger partial charge in [-0.1, -0.05) is 0 Å². The first-order valence-electron chi connectivity index (χ1n) is 5.67.